The second-order valence-electron chi connectivity index (χ2n) is 11.8. The first-order chi connectivity index (χ1) is 19.2. The van der Waals surface area contributed by atoms with Crippen molar-refractivity contribution < 1.29 is 18.9 Å². The Kier molecular flexibility index (Phi) is 30.7. The third-order valence-electron chi connectivity index (χ3n) is 7.68. The lowest BCUT2D eigenvalue weighted by Crippen LogP contribution is -2.35. The molecule has 0 aliphatic rings. The van der Waals surface area contributed by atoms with Gasteiger partial charge in [0.1, 0.15) is 0 Å². The van der Waals surface area contributed by atoms with Gasteiger partial charge in [-0.2, -0.15) is 0 Å². The van der Waals surface area contributed by atoms with E-state index in [1.54, 1.807) is 0 Å². The minimum absolute atomic E-state index is 0.112. The molecule has 0 saturated carbocycles. The standard InChI is InChI=1S/C35H72O4/c1-7-13-15-17-19-21-23-25-32(34(36-27-9-3)37-28-10-4)31-33(26-24-22-20-18-16-14-8-2)35(38-29-11-5)39-30-12-6/h32-35H,7-31H2,1-6H3. The van der Waals surface area contributed by atoms with E-state index in [1.807, 2.05) is 0 Å². The van der Waals surface area contributed by atoms with Crippen molar-refractivity contribution in [1.29, 1.82) is 0 Å². The van der Waals surface area contributed by atoms with Crippen molar-refractivity contribution >= 4 is 0 Å². The number of hydrogen-bond donors (Lipinski definition) is 0. The minimum Gasteiger partial charge on any atom is -0.352 e. The van der Waals surface area contributed by atoms with Gasteiger partial charge in [-0.05, 0) is 44.9 Å². The van der Waals surface area contributed by atoms with E-state index < -0.39 is 0 Å². The summed E-state index contributed by atoms with van der Waals surface area (Å²) in [5, 5.41) is 0. The summed E-state index contributed by atoms with van der Waals surface area (Å²) in [5.41, 5.74) is 0. The molecule has 0 heterocycles. The van der Waals surface area contributed by atoms with Crippen LogP contribution in [-0.4, -0.2) is 39.0 Å². The van der Waals surface area contributed by atoms with Crippen molar-refractivity contribution in [2.24, 2.45) is 11.8 Å². The highest BCUT2D eigenvalue weighted by atomic mass is 16.7. The Labute approximate surface area is 246 Å². The van der Waals surface area contributed by atoms with Crippen LogP contribution in [0.25, 0.3) is 0 Å². The summed E-state index contributed by atoms with van der Waals surface area (Å²) in [5.74, 6) is 0.789. The Morgan fingerprint density at radius 1 is 0.333 bits per heavy atom. The van der Waals surface area contributed by atoms with Crippen LogP contribution < -0.4 is 0 Å². The van der Waals surface area contributed by atoms with Crippen LogP contribution >= 0.6 is 0 Å². The molecule has 4 nitrogen and oxygen atoms in total. The molecule has 0 rings (SSSR count). The fraction of sp³-hybridized carbons (Fsp3) is 1.00. The monoisotopic (exact) mass is 557 g/mol. The van der Waals surface area contributed by atoms with Crippen LogP contribution in [0.3, 0.4) is 0 Å². The number of rotatable bonds is 32. The van der Waals surface area contributed by atoms with Crippen LogP contribution in [0.4, 0.5) is 0 Å². The first kappa shape index (κ1) is 38.8. The summed E-state index contributed by atoms with van der Waals surface area (Å²) >= 11 is 0. The molecule has 0 spiro atoms. The normalized spacial score (nSPS) is 13.5. The van der Waals surface area contributed by atoms with Crippen molar-refractivity contribution in [2.75, 3.05) is 26.4 Å². The Balaban J connectivity index is 5.46. The van der Waals surface area contributed by atoms with Crippen LogP contribution in [0.1, 0.15) is 176 Å². The highest BCUT2D eigenvalue weighted by Crippen LogP contribution is 2.32. The van der Waals surface area contributed by atoms with Gasteiger partial charge >= 0.3 is 0 Å². The molecule has 0 bridgehead atoms. The fourth-order valence-electron chi connectivity index (χ4n) is 5.42. The van der Waals surface area contributed by atoms with Crippen LogP contribution in [-0.2, 0) is 18.9 Å². The van der Waals surface area contributed by atoms with Crippen molar-refractivity contribution in [3.8, 4) is 0 Å². The smallest absolute Gasteiger partial charge is 0.160 e. The first-order valence-corrected chi connectivity index (χ1v) is 17.6. The molecule has 2 unspecified atom stereocenters. The molecule has 39 heavy (non-hydrogen) atoms. The fourth-order valence-corrected chi connectivity index (χ4v) is 5.42. The van der Waals surface area contributed by atoms with Crippen LogP contribution in [0, 0.1) is 11.8 Å². The molecule has 0 fully saturated rings. The Bertz CT molecular complexity index is 402. The molecule has 0 radical (unpaired) electrons. The summed E-state index contributed by atoms with van der Waals surface area (Å²) in [6.45, 7) is 16.4. The lowest BCUT2D eigenvalue weighted by atomic mass is 9.85. The van der Waals surface area contributed by atoms with Gasteiger partial charge in [0, 0.05) is 38.3 Å². The second kappa shape index (κ2) is 30.8. The van der Waals surface area contributed by atoms with Gasteiger partial charge in [0.05, 0.1) is 0 Å². The lowest BCUT2D eigenvalue weighted by Gasteiger charge is -2.34. The predicted molar refractivity (Wildman–Crippen MR) is 169 cm³/mol. The SMILES string of the molecule is CCCCCCCCCC(CC(CCCCCCCCC)C(OCCC)OCCC)C(OCCC)OCCC. The van der Waals surface area contributed by atoms with E-state index in [2.05, 4.69) is 41.5 Å². The van der Waals surface area contributed by atoms with Crippen LogP contribution in [0.2, 0.25) is 0 Å². The summed E-state index contributed by atoms with van der Waals surface area (Å²) in [6, 6.07) is 0. The van der Waals surface area contributed by atoms with E-state index in [0.717, 1.165) is 58.5 Å². The van der Waals surface area contributed by atoms with Gasteiger partial charge in [0.2, 0.25) is 0 Å². The third kappa shape index (κ3) is 23.1. The zero-order chi connectivity index (χ0) is 28.8. The number of hydrogen-bond acceptors (Lipinski definition) is 4. The number of ether oxygens (including phenoxy) is 4. The Hall–Kier alpha value is -0.160. The molecule has 0 aromatic heterocycles. The first-order valence-electron chi connectivity index (χ1n) is 17.6. The maximum atomic E-state index is 6.39. The second-order valence-corrected chi connectivity index (χ2v) is 11.8. The Morgan fingerprint density at radius 3 is 0.897 bits per heavy atom. The van der Waals surface area contributed by atoms with Gasteiger partial charge in [0.25, 0.3) is 0 Å². The van der Waals surface area contributed by atoms with Crippen LogP contribution in [0.5, 0.6) is 0 Å². The topological polar surface area (TPSA) is 36.9 Å². The average Bonchev–Trinajstić information content (AvgIpc) is 2.95. The lowest BCUT2D eigenvalue weighted by molar-refractivity contribution is -0.200. The van der Waals surface area contributed by atoms with E-state index in [4.69, 9.17) is 18.9 Å². The molecule has 0 aliphatic carbocycles. The van der Waals surface area contributed by atoms with Gasteiger partial charge in [0.15, 0.2) is 12.6 Å². The maximum absolute atomic E-state index is 6.39. The molecule has 0 aliphatic heterocycles. The maximum Gasteiger partial charge on any atom is 0.160 e. The van der Waals surface area contributed by atoms with Crippen molar-refractivity contribution in [2.45, 2.75) is 189 Å². The van der Waals surface area contributed by atoms with Gasteiger partial charge in [-0.25, -0.2) is 0 Å². The molecule has 4 heteroatoms. The zero-order valence-electron chi connectivity index (χ0n) is 27.6. The molecular weight excluding hydrogens is 484 g/mol. The average molecular weight is 557 g/mol. The van der Waals surface area contributed by atoms with Gasteiger partial charge in [-0.3, -0.25) is 0 Å². The van der Waals surface area contributed by atoms with Gasteiger partial charge in [-0.15, -0.1) is 0 Å². The van der Waals surface area contributed by atoms with E-state index >= 15 is 0 Å². The van der Waals surface area contributed by atoms with Crippen molar-refractivity contribution in [3.63, 3.8) is 0 Å². The van der Waals surface area contributed by atoms with Gasteiger partial charge < -0.3 is 18.9 Å². The number of unbranched alkanes of at least 4 members (excludes halogenated alkanes) is 12. The molecule has 0 saturated heterocycles. The summed E-state index contributed by atoms with van der Waals surface area (Å²) in [4.78, 5) is 0. The Morgan fingerprint density at radius 2 is 0.615 bits per heavy atom. The molecule has 236 valence electrons. The summed E-state index contributed by atoms with van der Waals surface area (Å²) in [6.07, 6.45) is 26.1. The quantitative estimate of drug-likeness (QED) is 0.0610. The van der Waals surface area contributed by atoms with Gasteiger partial charge in [-0.1, -0.05) is 131 Å². The predicted octanol–water partition coefficient (Wildman–Crippen LogP) is 11.2. The molecular formula is C35H72O4. The van der Waals surface area contributed by atoms with E-state index in [0.29, 0.717) is 11.8 Å². The zero-order valence-corrected chi connectivity index (χ0v) is 27.6. The van der Waals surface area contributed by atoms with E-state index in [9.17, 15) is 0 Å². The highest BCUT2D eigenvalue weighted by molar-refractivity contribution is 4.74. The molecule has 0 aromatic carbocycles. The van der Waals surface area contributed by atoms with Crippen molar-refractivity contribution in [3.05, 3.63) is 0 Å². The minimum atomic E-state index is -0.112. The molecule has 2 atom stereocenters. The molecule has 0 amide bonds. The van der Waals surface area contributed by atoms with Crippen LogP contribution in [0.15, 0.2) is 0 Å². The summed E-state index contributed by atoms with van der Waals surface area (Å²) < 4.78 is 25.5. The highest BCUT2D eigenvalue weighted by Gasteiger charge is 2.31. The largest absolute Gasteiger partial charge is 0.352 e. The van der Waals surface area contributed by atoms with E-state index in [1.165, 1.54) is 103 Å². The van der Waals surface area contributed by atoms with Crippen molar-refractivity contribution in [1.82, 2.24) is 0 Å². The summed E-state index contributed by atoms with van der Waals surface area (Å²) in [7, 11) is 0. The molecule has 0 N–H and O–H groups in total. The third-order valence-corrected chi connectivity index (χ3v) is 7.68. The molecule has 0 aromatic rings. The van der Waals surface area contributed by atoms with E-state index in [-0.39, 0.29) is 12.6 Å².